The fourth-order valence-corrected chi connectivity index (χ4v) is 2.11. The first-order valence-electron chi connectivity index (χ1n) is 6.91. The van der Waals surface area contributed by atoms with Gasteiger partial charge in [-0.25, -0.2) is 4.98 Å². The summed E-state index contributed by atoms with van der Waals surface area (Å²) in [4.78, 5) is 16.0. The van der Waals surface area contributed by atoms with E-state index in [1.165, 1.54) is 12.8 Å². The number of rotatable bonds is 6. The lowest BCUT2D eigenvalue weighted by Gasteiger charge is -2.11. The van der Waals surface area contributed by atoms with Crippen LogP contribution in [0, 0.1) is 5.92 Å². The van der Waals surface area contributed by atoms with Gasteiger partial charge in [0.2, 0.25) is 5.91 Å². The van der Waals surface area contributed by atoms with E-state index in [4.69, 9.17) is 0 Å². The highest BCUT2D eigenvalue weighted by Crippen LogP contribution is 2.27. The predicted octanol–water partition coefficient (Wildman–Crippen LogP) is 1.81. The molecule has 1 aromatic heterocycles. The summed E-state index contributed by atoms with van der Waals surface area (Å²) >= 11 is 0. The molecule has 1 aromatic carbocycles. The first-order valence-corrected chi connectivity index (χ1v) is 6.91. The highest BCUT2D eigenvalue weighted by atomic mass is 16.1. The predicted molar refractivity (Wildman–Crippen MR) is 77.8 cm³/mol. The molecule has 5 heteroatoms. The molecule has 104 valence electrons. The van der Waals surface area contributed by atoms with Crippen LogP contribution in [0.2, 0.25) is 0 Å². The standard InChI is InChI=1S/C15H18N4O/c20-15(10-17-9-12-5-6-12)18-13-3-1-2-4-14(13)19-8-7-16-11-19/h1-4,7-8,11-12,17H,5-6,9-10H2,(H,18,20). The van der Waals surface area contributed by atoms with Gasteiger partial charge < -0.3 is 15.2 Å². The lowest BCUT2D eigenvalue weighted by atomic mass is 10.2. The average Bonchev–Trinajstić information content (AvgIpc) is 3.11. The minimum absolute atomic E-state index is 0.0155. The van der Waals surface area contributed by atoms with Crippen LogP contribution in [0.15, 0.2) is 43.0 Å². The number of aromatic nitrogens is 2. The van der Waals surface area contributed by atoms with Gasteiger partial charge in [0.15, 0.2) is 0 Å². The molecule has 0 bridgehead atoms. The van der Waals surface area contributed by atoms with E-state index in [-0.39, 0.29) is 5.91 Å². The van der Waals surface area contributed by atoms with Crippen LogP contribution in [-0.2, 0) is 4.79 Å². The van der Waals surface area contributed by atoms with E-state index < -0.39 is 0 Å². The summed E-state index contributed by atoms with van der Waals surface area (Å²) < 4.78 is 1.88. The van der Waals surface area contributed by atoms with E-state index in [1.807, 2.05) is 35.0 Å². The first-order chi connectivity index (χ1) is 9.83. The quantitative estimate of drug-likeness (QED) is 0.841. The zero-order valence-corrected chi connectivity index (χ0v) is 11.2. The molecule has 0 spiro atoms. The Morgan fingerprint density at radius 1 is 1.35 bits per heavy atom. The molecule has 0 unspecified atom stereocenters. The van der Waals surface area contributed by atoms with Crippen LogP contribution < -0.4 is 10.6 Å². The maximum absolute atomic E-state index is 11.9. The third-order valence-electron chi connectivity index (χ3n) is 3.38. The number of para-hydroxylation sites is 2. The highest BCUT2D eigenvalue weighted by molar-refractivity contribution is 5.94. The van der Waals surface area contributed by atoms with E-state index in [0.29, 0.717) is 6.54 Å². The van der Waals surface area contributed by atoms with Crippen molar-refractivity contribution in [2.75, 3.05) is 18.4 Å². The summed E-state index contributed by atoms with van der Waals surface area (Å²) in [5.74, 6) is 0.763. The van der Waals surface area contributed by atoms with Gasteiger partial charge in [-0.15, -0.1) is 0 Å². The Morgan fingerprint density at radius 2 is 2.20 bits per heavy atom. The molecular weight excluding hydrogens is 252 g/mol. The summed E-state index contributed by atoms with van der Waals surface area (Å²) in [5, 5.41) is 6.13. The van der Waals surface area contributed by atoms with Gasteiger partial charge in [0.25, 0.3) is 0 Å². The number of nitrogens with one attached hydrogen (secondary N) is 2. The number of benzene rings is 1. The van der Waals surface area contributed by atoms with Crippen molar-refractivity contribution in [2.24, 2.45) is 5.92 Å². The molecular formula is C15H18N4O. The SMILES string of the molecule is O=C(CNCC1CC1)Nc1ccccc1-n1ccnc1. The molecule has 3 rings (SSSR count). The van der Waals surface area contributed by atoms with Crippen LogP contribution in [0.25, 0.3) is 5.69 Å². The molecule has 1 fully saturated rings. The van der Waals surface area contributed by atoms with Gasteiger partial charge in [0, 0.05) is 12.4 Å². The molecule has 20 heavy (non-hydrogen) atoms. The molecule has 5 nitrogen and oxygen atoms in total. The Morgan fingerprint density at radius 3 is 2.95 bits per heavy atom. The molecule has 0 atom stereocenters. The molecule has 1 saturated carbocycles. The van der Waals surface area contributed by atoms with E-state index in [9.17, 15) is 4.79 Å². The molecule has 2 N–H and O–H groups in total. The Labute approximate surface area is 118 Å². The molecule has 1 amide bonds. The van der Waals surface area contributed by atoms with Gasteiger partial charge >= 0.3 is 0 Å². The van der Waals surface area contributed by atoms with Crippen molar-refractivity contribution >= 4 is 11.6 Å². The number of anilines is 1. The maximum atomic E-state index is 11.9. The normalized spacial score (nSPS) is 14.2. The van der Waals surface area contributed by atoms with Crippen LogP contribution in [0.3, 0.4) is 0 Å². The molecule has 1 aliphatic rings. The monoisotopic (exact) mass is 270 g/mol. The van der Waals surface area contributed by atoms with Gasteiger partial charge in [-0.2, -0.15) is 0 Å². The van der Waals surface area contributed by atoms with E-state index in [0.717, 1.165) is 23.8 Å². The van der Waals surface area contributed by atoms with Gasteiger partial charge in [-0.3, -0.25) is 4.79 Å². The Balaban J connectivity index is 1.62. The molecule has 0 saturated heterocycles. The second-order valence-corrected chi connectivity index (χ2v) is 5.11. The fourth-order valence-electron chi connectivity index (χ4n) is 2.11. The largest absolute Gasteiger partial charge is 0.323 e. The zero-order valence-electron chi connectivity index (χ0n) is 11.2. The van der Waals surface area contributed by atoms with Gasteiger partial charge in [0.1, 0.15) is 0 Å². The lowest BCUT2D eigenvalue weighted by molar-refractivity contribution is -0.115. The first kappa shape index (κ1) is 12.9. The van der Waals surface area contributed by atoms with E-state index in [1.54, 1.807) is 12.5 Å². The fraction of sp³-hybridized carbons (Fsp3) is 0.333. The van der Waals surface area contributed by atoms with Crippen molar-refractivity contribution in [1.82, 2.24) is 14.9 Å². The van der Waals surface area contributed by atoms with E-state index >= 15 is 0 Å². The Bertz CT molecular complexity index is 575. The van der Waals surface area contributed by atoms with E-state index in [2.05, 4.69) is 15.6 Å². The number of imidazole rings is 1. The van der Waals surface area contributed by atoms with Crippen molar-refractivity contribution < 1.29 is 4.79 Å². The molecule has 1 aliphatic carbocycles. The summed E-state index contributed by atoms with van der Waals surface area (Å²) in [6.45, 7) is 1.30. The molecule has 0 radical (unpaired) electrons. The average molecular weight is 270 g/mol. The lowest BCUT2D eigenvalue weighted by Crippen LogP contribution is -2.29. The number of amides is 1. The minimum Gasteiger partial charge on any atom is -0.323 e. The third-order valence-corrected chi connectivity index (χ3v) is 3.38. The summed E-state index contributed by atoms with van der Waals surface area (Å²) in [6, 6.07) is 7.70. The van der Waals surface area contributed by atoms with Gasteiger partial charge in [0.05, 0.1) is 24.2 Å². The van der Waals surface area contributed by atoms with Gasteiger partial charge in [-0.1, -0.05) is 12.1 Å². The number of hydrogen-bond acceptors (Lipinski definition) is 3. The highest BCUT2D eigenvalue weighted by Gasteiger charge is 2.20. The van der Waals surface area contributed by atoms with Crippen molar-refractivity contribution in [1.29, 1.82) is 0 Å². The number of nitrogens with zero attached hydrogens (tertiary/aromatic N) is 2. The smallest absolute Gasteiger partial charge is 0.238 e. The summed E-state index contributed by atoms with van der Waals surface area (Å²) in [7, 11) is 0. The Kier molecular flexibility index (Phi) is 3.78. The van der Waals surface area contributed by atoms with Crippen LogP contribution in [0.4, 0.5) is 5.69 Å². The van der Waals surface area contributed by atoms with Crippen molar-refractivity contribution in [3.63, 3.8) is 0 Å². The number of hydrogen-bond donors (Lipinski definition) is 2. The molecule has 2 aromatic rings. The summed E-state index contributed by atoms with van der Waals surface area (Å²) in [6.07, 6.45) is 7.87. The Hall–Kier alpha value is -2.14. The van der Waals surface area contributed by atoms with Crippen molar-refractivity contribution in [3.05, 3.63) is 43.0 Å². The van der Waals surface area contributed by atoms with Crippen LogP contribution in [0.1, 0.15) is 12.8 Å². The van der Waals surface area contributed by atoms with Crippen molar-refractivity contribution in [2.45, 2.75) is 12.8 Å². The third kappa shape index (κ3) is 3.24. The second kappa shape index (κ2) is 5.88. The second-order valence-electron chi connectivity index (χ2n) is 5.11. The van der Waals surface area contributed by atoms with Crippen LogP contribution >= 0.6 is 0 Å². The minimum atomic E-state index is -0.0155. The van der Waals surface area contributed by atoms with Gasteiger partial charge in [-0.05, 0) is 37.4 Å². The maximum Gasteiger partial charge on any atom is 0.238 e. The zero-order chi connectivity index (χ0) is 13.8. The van der Waals surface area contributed by atoms with Crippen molar-refractivity contribution in [3.8, 4) is 5.69 Å². The molecule has 1 heterocycles. The topological polar surface area (TPSA) is 59.0 Å². The van der Waals surface area contributed by atoms with Crippen LogP contribution in [-0.4, -0.2) is 28.5 Å². The number of carbonyl (C=O) groups is 1. The molecule has 0 aliphatic heterocycles. The van der Waals surface area contributed by atoms with Crippen LogP contribution in [0.5, 0.6) is 0 Å². The number of carbonyl (C=O) groups excluding carboxylic acids is 1. The summed E-state index contributed by atoms with van der Waals surface area (Å²) in [5.41, 5.74) is 1.71.